The predicted octanol–water partition coefficient (Wildman–Crippen LogP) is 2.83. The maximum atomic E-state index is 11.2. The molecule has 0 spiro atoms. The van der Waals surface area contributed by atoms with Gasteiger partial charge in [0.1, 0.15) is 11.8 Å². The van der Waals surface area contributed by atoms with Crippen molar-refractivity contribution in [2.75, 3.05) is 25.1 Å². The summed E-state index contributed by atoms with van der Waals surface area (Å²) in [6.07, 6.45) is -0.240. The lowest BCUT2D eigenvalue weighted by molar-refractivity contribution is -0.385. The van der Waals surface area contributed by atoms with Crippen molar-refractivity contribution in [1.82, 2.24) is 0 Å². The minimum atomic E-state index is -0.430. The number of benzene rings is 1. The largest absolute Gasteiger partial charge is 0.481 e. The van der Waals surface area contributed by atoms with Crippen molar-refractivity contribution in [3.05, 3.63) is 28.3 Å². The highest BCUT2D eigenvalue weighted by molar-refractivity contribution is 5.68. The van der Waals surface area contributed by atoms with Crippen LogP contribution in [0.3, 0.4) is 0 Å². The molecule has 0 aliphatic rings. The molecule has 6 heteroatoms. The van der Waals surface area contributed by atoms with Crippen molar-refractivity contribution in [1.29, 1.82) is 0 Å². The van der Waals surface area contributed by atoms with Crippen molar-refractivity contribution < 1.29 is 14.4 Å². The second-order valence-corrected chi connectivity index (χ2v) is 4.03. The van der Waals surface area contributed by atoms with Gasteiger partial charge in [0.15, 0.2) is 5.75 Å². The fourth-order valence-corrected chi connectivity index (χ4v) is 1.67. The van der Waals surface area contributed by atoms with Gasteiger partial charge in [0.25, 0.3) is 0 Å². The minimum absolute atomic E-state index is 0.0345. The summed E-state index contributed by atoms with van der Waals surface area (Å²) < 4.78 is 10.8. The van der Waals surface area contributed by atoms with Crippen LogP contribution in [0.15, 0.2) is 18.2 Å². The number of hydrogen-bond acceptors (Lipinski definition) is 5. The van der Waals surface area contributed by atoms with E-state index >= 15 is 0 Å². The third kappa shape index (κ3) is 4.40. The number of nitrogens with one attached hydrogen (secondary N) is 1. The molecule has 1 unspecified atom stereocenters. The van der Waals surface area contributed by atoms with Crippen LogP contribution in [-0.2, 0) is 4.74 Å². The molecule has 1 atom stereocenters. The van der Waals surface area contributed by atoms with Gasteiger partial charge in [-0.3, -0.25) is 10.1 Å². The molecule has 0 radical (unpaired) electrons. The van der Waals surface area contributed by atoms with E-state index in [1.807, 2.05) is 20.8 Å². The van der Waals surface area contributed by atoms with E-state index in [2.05, 4.69) is 5.32 Å². The van der Waals surface area contributed by atoms with Gasteiger partial charge in [-0.25, -0.2) is 0 Å². The van der Waals surface area contributed by atoms with Crippen molar-refractivity contribution >= 4 is 11.4 Å². The fraction of sp³-hybridized carbons (Fsp3) is 0.538. The molecule has 0 amide bonds. The van der Waals surface area contributed by atoms with E-state index in [-0.39, 0.29) is 17.5 Å². The van der Waals surface area contributed by atoms with Crippen LogP contribution < -0.4 is 10.1 Å². The second kappa shape index (κ2) is 7.58. The first-order chi connectivity index (χ1) is 9.10. The van der Waals surface area contributed by atoms with Gasteiger partial charge < -0.3 is 14.8 Å². The van der Waals surface area contributed by atoms with Crippen LogP contribution in [0.4, 0.5) is 11.4 Å². The summed E-state index contributed by atoms with van der Waals surface area (Å²) in [4.78, 5) is 10.7. The summed E-state index contributed by atoms with van der Waals surface area (Å²) in [5.74, 6) is 0.260. The van der Waals surface area contributed by atoms with Gasteiger partial charge in [0.2, 0.25) is 0 Å². The summed E-state index contributed by atoms with van der Waals surface area (Å²) in [5, 5.41) is 14.1. The predicted molar refractivity (Wildman–Crippen MR) is 73.8 cm³/mol. The Hall–Kier alpha value is -1.82. The SMILES string of the molecule is CCNc1cccc(OC(C)COCC)c1[N+](=O)[O-]. The molecule has 1 aromatic rings. The zero-order chi connectivity index (χ0) is 14.3. The Morgan fingerprint density at radius 2 is 2.16 bits per heavy atom. The zero-order valence-electron chi connectivity index (χ0n) is 11.5. The van der Waals surface area contributed by atoms with Gasteiger partial charge in [-0.05, 0) is 32.9 Å². The van der Waals surface area contributed by atoms with Crippen LogP contribution in [-0.4, -0.2) is 30.8 Å². The third-order valence-corrected chi connectivity index (χ3v) is 2.43. The summed E-state index contributed by atoms with van der Waals surface area (Å²) >= 11 is 0. The Kier molecular flexibility index (Phi) is 6.08. The molecule has 106 valence electrons. The topological polar surface area (TPSA) is 73.6 Å². The summed E-state index contributed by atoms with van der Waals surface area (Å²) in [6, 6.07) is 5.00. The molecule has 0 aliphatic heterocycles. The Morgan fingerprint density at radius 3 is 2.74 bits per heavy atom. The monoisotopic (exact) mass is 268 g/mol. The van der Waals surface area contributed by atoms with Crippen LogP contribution in [0.2, 0.25) is 0 Å². The third-order valence-electron chi connectivity index (χ3n) is 2.43. The summed E-state index contributed by atoms with van der Waals surface area (Å²) in [6.45, 7) is 7.19. The van der Waals surface area contributed by atoms with Crippen molar-refractivity contribution in [2.45, 2.75) is 26.9 Å². The minimum Gasteiger partial charge on any atom is -0.481 e. The highest BCUT2D eigenvalue weighted by Gasteiger charge is 2.22. The maximum Gasteiger partial charge on any atom is 0.333 e. The van der Waals surface area contributed by atoms with E-state index < -0.39 is 4.92 Å². The first kappa shape index (κ1) is 15.2. The van der Waals surface area contributed by atoms with Gasteiger partial charge in [-0.15, -0.1) is 0 Å². The molecule has 0 aliphatic carbocycles. The zero-order valence-corrected chi connectivity index (χ0v) is 11.5. The van der Waals surface area contributed by atoms with Crippen LogP contribution in [0, 0.1) is 10.1 Å². The molecule has 1 N–H and O–H groups in total. The van der Waals surface area contributed by atoms with Crippen LogP contribution in [0.5, 0.6) is 5.75 Å². The van der Waals surface area contributed by atoms with E-state index in [4.69, 9.17) is 9.47 Å². The van der Waals surface area contributed by atoms with E-state index in [0.29, 0.717) is 25.4 Å². The van der Waals surface area contributed by atoms with Gasteiger partial charge in [0, 0.05) is 13.2 Å². The number of para-hydroxylation sites is 1. The summed E-state index contributed by atoms with van der Waals surface area (Å²) in [5.41, 5.74) is 0.432. The standard InChI is InChI=1S/C13H20N2O4/c1-4-14-11-7-6-8-12(13(11)15(16)17)19-10(3)9-18-5-2/h6-8,10,14H,4-5,9H2,1-3H3. The number of anilines is 1. The molecule has 0 saturated carbocycles. The fourth-order valence-electron chi connectivity index (χ4n) is 1.67. The molecular formula is C13H20N2O4. The van der Waals surface area contributed by atoms with Gasteiger partial charge in [0.05, 0.1) is 11.5 Å². The Balaban J connectivity index is 2.93. The van der Waals surface area contributed by atoms with Gasteiger partial charge in [-0.2, -0.15) is 0 Å². The van der Waals surface area contributed by atoms with Crippen molar-refractivity contribution in [2.24, 2.45) is 0 Å². The van der Waals surface area contributed by atoms with E-state index in [1.54, 1.807) is 18.2 Å². The van der Waals surface area contributed by atoms with E-state index in [0.717, 1.165) is 0 Å². The highest BCUT2D eigenvalue weighted by atomic mass is 16.6. The molecule has 19 heavy (non-hydrogen) atoms. The quantitative estimate of drug-likeness (QED) is 0.579. The summed E-state index contributed by atoms with van der Waals surface area (Å²) in [7, 11) is 0. The lowest BCUT2D eigenvalue weighted by atomic mass is 10.2. The molecule has 0 saturated heterocycles. The number of nitrogens with zero attached hydrogens (tertiary/aromatic N) is 1. The molecule has 1 aromatic carbocycles. The van der Waals surface area contributed by atoms with Crippen molar-refractivity contribution in [3.8, 4) is 5.75 Å². The maximum absolute atomic E-state index is 11.2. The first-order valence-electron chi connectivity index (χ1n) is 6.35. The van der Waals surface area contributed by atoms with E-state index in [9.17, 15) is 10.1 Å². The smallest absolute Gasteiger partial charge is 0.333 e. The number of rotatable bonds is 8. The van der Waals surface area contributed by atoms with Gasteiger partial charge >= 0.3 is 5.69 Å². The molecule has 0 heterocycles. The van der Waals surface area contributed by atoms with Crippen LogP contribution in [0.25, 0.3) is 0 Å². The van der Waals surface area contributed by atoms with Crippen LogP contribution in [0.1, 0.15) is 20.8 Å². The molecule has 0 fully saturated rings. The molecular weight excluding hydrogens is 248 g/mol. The van der Waals surface area contributed by atoms with Crippen LogP contribution >= 0.6 is 0 Å². The average molecular weight is 268 g/mol. The molecule has 0 aromatic heterocycles. The molecule has 0 bridgehead atoms. The second-order valence-electron chi connectivity index (χ2n) is 4.03. The number of ether oxygens (including phenoxy) is 2. The Bertz CT molecular complexity index is 423. The number of nitro benzene ring substituents is 1. The molecule has 6 nitrogen and oxygen atoms in total. The lowest BCUT2D eigenvalue weighted by Gasteiger charge is -2.15. The van der Waals surface area contributed by atoms with Gasteiger partial charge in [-0.1, -0.05) is 6.07 Å². The number of nitro groups is 1. The average Bonchev–Trinajstić information content (AvgIpc) is 2.36. The first-order valence-corrected chi connectivity index (χ1v) is 6.35. The molecule has 1 rings (SSSR count). The number of hydrogen-bond donors (Lipinski definition) is 1. The normalized spacial score (nSPS) is 11.9. The van der Waals surface area contributed by atoms with Crippen molar-refractivity contribution in [3.63, 3.8) is 0 Å². The lowest BCUT2D eigenvalue weighted by Crippen LogP contribution is -2.19. The highest BCUT2D eigenvalue weighted by Crippen LogP contribution is 2.35. The van der Waals surface area contributed by atoms with E-state index in [1.165, 1.54) is 0 Å². The Morgan fingerprint density at radius 1 is 1.42 bits per heavy atom. The Labute approximate surface area is 112 Å².